The minimum Gasteiger partial charge on any atom is -0.457 e. The van der Waals surface area contributed by atoms with E-state index in [1.807, 2.05) is 12.1 Å². The van der Waals surface area contributed by atoms with E-state index in [9.17, 15) is 4.39 Å². The van der Waals surface area contributed by atoms with Crippen molar-refractivity contribution in [1.82, 2.24) is 4.98 Å². The number of hydrogen-bond donors (Lipinski definition) is 0. The van der Waals surface area contributed by atoms with E-state index in [1.165, 1.54) is 12.1 Å². The second-order valence-corrected chi connectivity index (χ2v) is 4.41. The van der Waals surface area contributed by atoms with Crippen LogP contribution >= 0.6 is 11.6 Å². The molecule has 0 fully saturated rings. The molecule has 0 aliphatic carbocycles. The van der Waals surface area contributed by atoms with Crippen LogP contribution in [0.25, 0.3) is 10.9 Å². The Hall–Kier alpha value is -2.13. The summed E-state index contributed by atoms with van der Waals surface area (Å²) in [5.41, 5.74) is 0.757. The van der Waals surface area contributed by atoms with Crippen molar-refractivity contribution < 1.29 is 9.13 Å². The van der Waals surface area contributed by atoms with Crippen LogP contribution in [0, 0.1) is 5.82 Å². The Labute approximate surface area is 114 Å². The van der Waals surface area contributed by atoms with Crippen LogP contribution in [0.3, 0.4) is 0 Å². The highest BCUT2D eigenvalue weighted by atomic mass is 35.5. The molecule has 0 N–H and O–H groups in total. The first-order valence-electron chi connectivity index (χ1n) is 5.71. The molecule has 0 spiro atoms. The molecular formula is C15H9ClFNO. The Morgan fingerprint density at radius 2 is 1.79 bits per heavy atom. The number of halogens is 2. The third-order valence-electron chi connectivity index (χ3n) is 2.72. The molecule has 3 aromatic rings. The van der Waals surface area contributed by atoms with E-state index in [0.717, 1.165) is 10.9 Å². The van der Waals surface area contributed by atoms with Crippen LogP contribution in [0.4, 0.5) is 4.39 Å². The topological polar surface area (TPSA) is 22.1 Å². The van der Waals surface area contributed by atoms with Gasteiger partial charge in [0.25, 0.3) is 0 Å². The molecule has 0 bridgehead atoms. The zero-order valence-electron chi connectivity index (χ0n) is 9.81. The molecule has 0 amide bonds. The van der Waals surface area contributed by atoms with Crippen molar-refractivity contribution in [2.24, 2.45) is 0 Å². The monoisotopic (exact) mass is 273 g/mol. The predicted molar refractivity (Wildman–Crippen MR) is 73.2 cm³/mol. The van der Waals surface area contributed by atoms with Gasteiger partial charge in [-0.3, -0.25) is 4.98 Å². The van der Waals surface area contributed by atoms with Crippen LogP contribution < -0.4 is 4.74 Å². The summed E-state index contributed by atoms with van der Waals surface area (Å²) in [6.45, 7) is 0. The van der Waals surface area contributed by atoms with Gasteiger partial charge in [-0.1, -0.05) is 17.7 Å². The number of pyridine rings is 1. The van der Waals surface area contributed by atoms with Gasteiger partial charge in [-0.2, -0.15) is 0 Å². The number of rotatable bonds is 2. The molecule has 94 valence electrons. The number of ether oxygens (including phenoxy) is 1. The van der Waals surface area contributed by atoms with E-state index >= 15 is 0 Å². The van der Waals surface area contributed by atoms with Crippen molar-refractivity contribution in [3.05, 3.63) is 65.6 Å². The smallest absolute Gasteiger partial charge is 0.139 e. The lowest BCUT2D eigenvalue weighted by molar-refractivity contribution is 0.485. The Bertz CT molecular complexity index is 723. The fourth-order valence-corrected chi connectivity index (χ4v) is 2.11. The zero-order valence-corrected chi connectivity index (χ0v) is 10.6. The first-order valence-corrected chi connectivity index (χ1v) is 6.08. The highest BCUT2D eigenvalue weighted by molar-refractivity contribution is 6.35. The lowest BCUT2D eigenvalue weighted by Crippen LogP contribution is -1.88. The average Bonchev–Trinajstić information content (AvgIpc) is 2.42. The maximum Gasteiger partial charge on any atom is 0.139 e. The van der Waals surface area contributed by atoms with Gasteiger partial charge in [-0.15, -0.1) is 0 Å². The van der Waals surface area contributed by atoms with Crippen LogP contribution in [0.15, 0.2) is 54.7 Å². The van der Waals surface area contributed by atoms with E-state index in [1.54, 1.807) is 30.5 Å². The number of hydrogen-bond acceptors (Lipinski definition) is 2. The van der Waals surface area contributed by atoms with Crippen molar-refractivity contribution >= 4 is 22.5 Å². The van der Waals surface area contributed by atoms with Crippen LogP contribution in [-0.2, 0) is 0 Å². The average molecular weight is 274 g/mol. The third kappa shape index (κ3) is 2.37. The van der Waals surface area contributed by atoms with Crippen LogP contribution in [-0.4, -0.2) is 4.98 Å². The van der Waals surface area contributed by atoms with Gasteiger partial charge in [0.15, 0.2) is 0 Å². The molecule has 0 atom stereocenters. The molecule has 0 aliphatic rings. The highest BCUT2D eigenvalue weighted by Gasteiger charge is 2.08. The number of fused-ring (bicyclic) bond motifs is 1. The van der Waals surface area contributed by atoms with E-state index in [0.29, 0.717) is 16.5 Å². The maximum atomic E-state index is 12.9. The first-order chi connectivity index (χ1) is 9.24. The lowest BCUT2D eigenvalue weighted by Gasteiger charge is -2.09. The molecule has 0 aliphatic heterocycles. The van der Waals surface area contributed by atoms with Gasteiger partial charge < -0.3 is 4.74 Å². The van der Waals surface area contributed by atoms with Gasteiger partial charge in [-0.25, -0.2) is 4.39 Å². The molecule has 0 radical (unpaired) electrons. The van der Waals surface area contributed by atoms with Crippen molar-refractivity contribution in [2.75, 3.05) is 0 Å². The normalized spacial score (nSPS) is 10.6. The Morgan fingerprint density at radius 1 is 1.00 bits per heavy atom. The molecule has 2 aromatic carbocycles. The van der Waals surface area contributed by atoms with Crippen LogP contribution in [0.5, 0.6) is 11.5 Å². The second kappa shape index (κ2) is 4.86. The van der Waals surface area contributed by atoms with Gasteiger partial charge >= 0.3 is 0 Å². The van der Waals surface area contributed by atoms with E-state index in [-0.39, 0.29) is 5.82 Å². The fourth-order valence-electron chi connectivity index (χ4n) is 1.85. The summed E-state index contributed by atoms with van der Waals surface area (Å²) in [7, 11) is 0. The largest absolute Gasteiger partial charge is 0.457 e. The SMILES string of the molecule is Fc1ccc(Oc2ccnc3cccc(Cl)c23)cc1. The van der Waals surface area contributed by atoms with Crippen molar-refractivity contribution in [2.45, 2.75) is 0 Å². The van der Waals surface area contributed by atoms with Crippen molar-refractivity contribution in [3.8, 4) is 11.5 Å². The number of nitrogens with zero attached hydrogens (tertiary/aromatic N) is 1. The molecule has 2 nitrogen and oxygen atoms in total. The van der Waals surface area contributed by atoms with Crippen molar-refractivity contribution in [1.29, 1.82) is 0 Å². The molecule has 1 aromatic heterocycles. The number of aromatic nitrogens is 1. The summed E-state index contributed by atoms with van der Waals surface area (Å²) in [6, 6.07) is 13.0. The summed E-state index contributed by atoms with van der Waals surface area (Å²) in [5, 5.41) is 1.32. The Kier molecular flexibility index (Phi) is 3.05. The summed E-state index contributed by atoms with van der Waals surface area (Å²) < 4.78 is 18.6. The van der Waals surface area contributed by atoms with Crippen LogP contribution in [0.1, 0.15) is 0 Å². The molecule has 1 heterocycles. The van der Waals surface area contributed by atoms with E-state index < -0.39 is 0 Å². The minimum atomic E-state index is -0.301. The summed E-state index contributed by atoms with van der Waals surface area (Å²) in [4.78, 5) is 4.23. The number of benzene rings is 2. The molecule has 4 heteroatoms. The van der Waals surface area contributed by atoms with Gasteiger partial charge in [0.1, 0.15) is 17.3 Å². The highest BCUT2D eigenvalue weighted by Crippen LogP contribution is 2.33. The van der Waals surface area contributed by atoms with Gasteiger partial charge in [0.05, 0.1) is 15.9 Å². The van der Waals surface area contributed by atoms with Gasteiger partial charge in [0.2, 0.25) is 0 Å². The van der Waals surface area contributed by atoms with E-state index in [4.69, 9.17) is 16.3 Å². The van der Waals surface area contributed by atoms with E-state index in [2.05, 4.69) is 4.98 Å². The molecule has 3 rings (SSSR count). The minimum absolute atomic E-state index is 0.301. The Morgan fingerprint density at radius 3 is 2.58 bits per heavy atom. The molecule has 0 saturated carbocycles. The third-order valence-corrected chi connectivity index (χ3v) is 3.03. The fraction of sp³-hybridized carbons (Fsp3) is 0. The first kappa shape index (κ1) is 11.9. The van der Waals surface area contributed by atoms with Crippen LogP contribution in [0.2, 0.25) is 5.02 Å². The standard InChI is InChI=1S/C15H9ClFNO/c16-12-2-1-3-13-15(12)14(8-9-18-13)19-11-6-4-10(17)5-7-11/h1-9H. The predicted octanol–water partition coefficient (Wildman–Crippen LogP) is 4.82. The molecular weight excluding hydrogens is 265 g/mol. The zero-order chi connectivity index (χ0) is 13.2. The molecule has 0 unspecified atom stereocenters. The second-order valence-electron chi connectivity index (χ2n) is 4.00. The van der Waals surface area contributed by atoms with Crippen molar-refractivity contribution in [3.63, 3.8) is 0 Å². The maximum absolute atomic E-state index is 12.9. The summed E-state index contributed by atoms with van der Waals surface area (Å²) in [5.74, 6) is 0.848. The van der Waals surface area contributed by atoms with Gasteiger partial charge in [-0.05, 0) is 42.5 Å². The summed E-state index contributed by atoms with van der Waals surface area (Å²) in [6.07, 6.45) is 1.65. The quantitative estimate of drug-likeness (QED) is 0.668. The molecule has 0 saturated heterocycles. The molecule has 19 heavy (non-hydrogen) atoms. The Balaban J connectivity index is 2.08. The lowest BCUT2D eigenvalue weighted by atomic mass is 10.2. The van der Waals surface area contributed by atoms with Gasteiger partial charge in [0, 0.05) is 6.20 Å². The summed E-state index contributed by atoms with van der Waals surface area (Å²) >= 11 is 6.17.